The van der Waals surface area contributed by atoms with Crippen molar-refractivity contribution in [1.82, 2.24) is 5.32 Å². The van der Waals surface area contributed by atoms with Crippen LogP contribution in [0.1, 0.15) is 36.5 Å². The molecule has 0 aliphatic heterocycles. The highest BCUT2D eigenvalue weighted by molar-refractivity contribution is 5.93. The summed E-state index contributed by atoms with van der Waals surface area (Å²) in [7, 11) is 0. The lowest BCUT2D eigenvalue weighted by molar-refractivity contribution is 0.0692. The summed E-state index contributed by atoms with van der Waals surface area (Å²) in [5.74, 6) is -1.59. The molecule has 5 nitrogen and oxygen atoms in total. The van der Waals surface area contributed by atoms with E-state index < -0.39 is 23.4 Å². The molecule has 0 bridgehead atoms. The lowest BCUT2D eigenvalue weighted by atomic mass is 10.1. The number of hydrogen-bond donors (Lipinski definition) is 3. The van der Waals surface area contributed by atoms with Gasteiger partial charge < -0.3 is 15.7 Å². The number of aromatic carboxylic acids is 1. The van der Waals surface area contributed by atoms with Crippen LogP contribution >= 0.6 is 0 Å². The van der Waals surface area contributed by atoms with Crippen LogP contribution < -0.4 is 10.6 Å². The summed E-state index contributed by atoms with van der Waals surface area (Å²) in [6.45, 7) is 2.14. The average molecular weight is 280 g/mol. The van der Waals surface area contributed by atoms with Crippen molar-refractivity contribution in [2.45, 2.75) is 32.2 Å². The van der Waals surface area contributed by atoms with E-state index in [1.165, 1.54) is 6.07 Å². The molecule has 108 valence electrons. The number of halogens is 1. The minimum Gasteiger partial charge on any atom is -0.478 e. The average Bonchev–Trinajstić information content (AvgIpc) is 2.76. The van der Waals surface area contributed by atoms with Crippen molar-refractivity contribution in [2.75, 3.05) is 5.32 Å². The third kappa shape index (κ3) is 3.46. The number of carboxylic acid groups (broad SMARTS) is 1. The van der Waals surface area contributed by atoms with E-state index in [-0.39, 0.29) is 11.7 Å². The highest BCUT2D eigenvalue weighted by Gasteiger charge is 2.22. The van der Waals surface area contributed by atoms with E-state index in [2.05, 4.69) is 17.6 Å². The molecule has 20 heavy (non-hydrogen) atoms. The van der Waals surface area contributed by atoms with E-state index in [4.69, 9.17) is 5.11 Å². The van der Waals surface area contributed by atoms with Gasteiger partial charge in [0, 0.05) is 11.7 Å². The Labute approximate surface area is 116 Å². The number of amides is 2. The van der Waals surface area contributed by atoms with Gasteiger partial charge in [-0.2, -0.15) is 0 Å². The molecule has 1 saturated carbocycles. The first-order valence-electron chi connectivity index (χ1n) is 6.56. The van der Waals surface area contributed by atoms with Crippen LogP contribution in [0, 0.1) is 11.7 Å². The predicted octanol–water partition coefficient (Wildman–Crippen LogP) is 2.83. The fraction of sp³-hybridized carbons (Fsp3) is 0.429. The Bertz CT molecular complexity index is 533. The maximum Gasteiger partial charge on any atom is 0.338 e. The molecule has 3 N–H and O–H groups in total. The van der Waals surface area contributed by atoms with Gasteiger partial charge in [-0.25, -0.2) is 14.0 Å². The first kappa shape index (κ1) is 14.3. The third-order valence-corrected chi connectivity index (χ3v) is 3.48. The van der Waals surface area contributed by atoms with Crippen molar-refractivity contribution in [3.8, 4) is 0 Å². The largest absolute Gasteiger partial charge is 0.478 e. The molecule has 0 heterocycles. The second kappa shape index (κ2) is 5.90. The lowest BCUT2D eigenvalue weighted by Crippen LogP contribution is -2.36. The monoisotopic (exact) mass is 280 g/mol. The van der Waals surface area contributed by atoms with Crippen molar-refractivity contribution in [1.29, 1.82) is 0 Å². The molecule has 0 radical (unpaired) electrons. The minimum atomic E-state index is -1.36. The molecular weight excluding hydrogens is 263 g/mol. The van der Waals surface area contributed by atoms with Crippen LogP contribution in [0.3, 0.4) is 0 Å². The van der Waals surface area contributed by atoms with Gasteiger partial charge >= 0.3 is 12.0 Å². The Balaban J connectivity index is 1.97. The highest BCUT2D eigenvalue weighted by atomic mass is 19.1. The van der Waals surface area contributed by atoms with Gasteiger partial charge in [-0.3, -0.25) is 0 Å². The number of benzene rings is 1. The Kier molecular flexibility index (Phi) is 4.22. The molecule has 6 heteroatoms. The van der Waals surface area contributed by atoms with Gasteiger partial charge in [0.05, 0.1) is 5.56 Å². The minimum absolute atomic E-state index is 0.143. The lowest BCUT2D eigenvalue weighted by Gasteiger charge is -2.13. The molecule has 1 fully saturated rings. The summed E-state index contributed by atoms with van der Waals surface area (Å²) in [6, 6.07) is 3.21. The highest BCUT2D eigenvalue weighted by Crippen LogP contribution is 2.24. The summed E-state index contributed by atoms with van der Waals surface area (Å²) < 4.78 is 13.2. The van der Waals surface area contributed by atoms with Crippen molar-refractivity contribution >= 4 is 17.7 Å². The molecule has 0 aromatic heterocycles. The number of rotatable bonds is 3. The molecule has 2 rings (SSSR count). The number of carboxylic acids is 1. The molecule has 1 aliphatic carbocycles. The van der Waals surface area contributed by atoms with Gasteiger partial charge in [0.15, 0.2) is 0 Å². The van der Waals surface area contributed by atoms with Crippen LogP contribution in [0.5, 0.6) is 0 Å². The molecule has 2 unspecified atom stereocenters. The fourth-order valence-electron chi connectivity index (χ4n) is 2.46. The van der Waals surface area contributed by atoms with Gasteiger partial charge in [0.2, 0.25) is 0 Å². The summed E-state index contributed by atoms with van der Waals surface area (Å²) in [6.07, 6.45) is 2.97. The number of carbonyl (C=O) groups excluding carboxylic acids is 1. The quantitative estimate of drug-likeness (QED) is 0.796. The number of urea groups is 1. The number of nitrogens with one attached hydrogen (secondary N) is 2. The predicted molar refractivity (Wildman–Crippen MR) is 72.3 cm³/mol. The number of carbonyl (C=O) groups is 2. The maximum absolute atomic E-state index is 13.2. The van der Waals surface area contributed by atoms with E-state index in [0.29, 0.717) is 5.92 Å². The Morgan fingerprint density at radius 2 is 2.10 bits per heavy atom. The normalized spacial score (nSPS) is 21.5. The molecule has 1 aromatic carbocycles. The topological polar surface area (TPSA) is 78.4 Å². The zero-order valence-electron chi connectivity index (χ0n) is 11.1. The fourth-order valence-corrected chi connectivity index (χ4v) is 2.46. The van der Waals surface area contributed by atoms with Crippen molar-refractivity contribution in [3.05, 3.63) is 29.6 Å². The zero-order valence-corrected chi connectivity index (χ0v) is 11.1. The van der Waals surface area contributed by atoms with Crippen LogP contribution in [0.2, 0.25) is 0 Å². The van der Waals surface area contributed by atoms with Gasteiger partial charge in [0.1, 0.15) is 5.82 Å². The van der Waals surface area contributed by atoms with E-state index >= 15 is 0 Å². The van der Waals surface area contributed by atoms with Crippen molar-refractivity contribution in [3.63, 3.8) is 0 Å². The SMILES string of the molecule is CC1CCC(NC(=O)Nc2ccc(F)c(C(=O)O)c2)C1. The summed E-state index contributed by atoms with van der Waals surface area (Å²) in [4.78, 5) is 22.6. The number of hydrogen-bond acceptors (Lipinski definition) is 2. The van der Waals surface area contributed by atoms with Crippen LogP contribution in [0.4, 0.5) is 14.9 Å². The molecular formula is C14H17FN2O3. The molecule has 0 spiro atoms. The van der Waals surface area contributed by atoms with Gasteiger partial charge in [-0.05, 0) is 43.4 Å². The first-order chi connectivity index (χ1) is 9.45. The van der Waals surface area contributed by atoms with E-state index in [0.717, 1.165) is 31.4 Å². The van der Waals surface area contributed by atoms with Gasteiger partial charge in [-0.1, -0.05) is 6.92 Å². The van der Waals surface area contributed by atoms with Crippen LogP contribution in [0.15, 0.2) is 18.2 Å². The Morgan fingerprint density at radius 1 is 1.35 bits per heavy atom. The molecule has 2 atom stereocenters. The van der Waals surface area contributed by atoms with Crippen LogP contribution in [-0.4, -0.2) is 23.1 Å². The number of anilines is 1. The standard InChI is InChI=1S/C14H17FN2O3/c1-8-2-3-9(6-8)16-14(20)17-10-4-5-12(15)11(7-10)13(18)19/h4-5,7-9H,2-3,6H2,1H3,(H,18,19)(H2,16,17,20). The summed E-state index contributed by atoms with van der Waals surface area (Å²) >= 11 is 0. The van der Waals surface area contributed by atoms with Crippen molar-refractivity contribution in [2.24, 2.45) is 5.92 Å². The zero-order chi connectivity index (χ0) is 14.7. The van der Waals surface area contributed by atoms with Crippen molar-refractivity contribution < 1.29 is 19.1 Å². The second-order valence-corrected chi connectivity index (χ2v) is 5.21. The molecule has 2 amide bonds. The van der Waals surface area contributed by atoms with E-state index in [9.17, 15) is 14.0 Å². The third-order valence-electron chi connectivity index (χ3n) is 3.48. The van der Waals surface area contributed by atoms with Crippen LogP contribution in [-0.2, 0) is 0 Å². The Morgan fingerprint density at radius 3 is 2.70 bits per heavy atom. The van der Waals surface area contributed by atoms with Crippen LogP contribution in [0.25, 0.3) is 0 Å². The Hall–Kier alpha value is -2.11. The molecule has 0 saturated heterocycles. The van der Waals surface area contributed by atoms with E-state index in [1.54, 1.807) is 0 Å². The molecule has 1 aromatic rings. The second-order valence-electron chi connectivity index (χ2n) is 5.21. The first-order valence-corrected chi connectivity index (χ1v) is 6.56. The summed E-state index contributed by atoms with van der Waals surface area (Å²) in [5, 5.41) is 14.2. The smallest absolute Gasteiger partial charge is 0.338 e. The van der Waals surface area contributed by atoms with Gasteiger partial charge in [0.25, 0.3) is 0 Å². The van der Waals surface area contributed by atoms with E-state index in [1.807, 2.05) is 0 Å². The maximum atomic E-state index is 13.2. The van der Waals surface area contributed by atoms with Gasteiger partial charge in [-0.15, -0.1) is 0 Å². The molecule has 1 aliphatic rings. The summed E-state index contributed by atoms with van der Waals surface area (Å²) in [5.41, 5.74) is -0.204.